The average Bonchev–Trinajstić information content (AvgIpc) is 2.30. The molecule has 1 amide bonds. The molecular weight excluding hydrogens is 180 g/mol. The lowest BCUT2D eigenvalue weighted by Crippen LogP contribution is -2.46. The third kappa shape index (κ3) is 1.81. The van der Waals surface area contributed by atoms with Crippen LogP contribution in [0.5, 0.6) is 0 Å². The third-order valence-corrected chi connectivity index (χ3v) is 2.30. The molecule has 0 saturated carbocycles. The van der Waals surface area contributed by atoms with Gasteiger partial charge in [-0.1, -0.05) is 0 Å². The van der Waals surface area contributed by atoms with Gasteiger partial charge in [-0.2, -0.15) is 0 Å². The summed E-state index contributed by atoms with van der Waals surface area (Å²) in [5.74, 6) is 0.748. The van der Waals surface area contributed by atoms with Gasteiger partial charge in [0.05, 0.1) is 0 Å². The van der Waals surface area contributed by atoms with E-state index in [9.17, 15) is 4.79 Å². The fourth-order valence-electron chi connectivity index (χ4n) is 1.48. The highest BCUT2D eigenvalue weighted by molar-refractivity contribution is 5.48. The predicted molar refractivity (Wildman–Crippen MR) is 51.9 cm³/mol. The highest BCUT2D eigenvalue weighted by atomic mass is 16.1. The van der Waals surface area contributed by atoms with Gasteiger partial charge in [-0.25, -0.2) is 9.97 Å². The normalized spacial score (nSPS) is 16.9. The summed E-state index contributed by atoms with van der Waals surface area (Å²) in [6.45, 7) is 3.12. The number of rotatable bonds is 2. The minimum atomic E-state index is 0.748. The molecule has 1 aliphatic rings. The van der Waals surface area contributed by atoms with Crippen molar-refractivity contribution in [2.75, 3.05) is 31.1 Å². The van der Waals surface area contributed by atoms with E-state index in [0.717, 1.165) is 38.5 Å². The molecule has 5 heteroatoms. The molecule has 5 nitrogen and oxygen atoms in total. The highest BCUT2D eigenvalue weighted by Crippen LogP contribution is 2.07. The van der Waals surface area contributed by atoms with Gasteiger partial charge < -0.3 is 9.80 Å². The summed E-state index contributed by atoms with van der Waals surface area (Å²) in [6.07, 6.45) is 4.35. The van der Waals surface area contributed by atoms with Gasteiger partial charge in [0.15, 0.2) is 0 Å². The van der Waals surface area contributed by atoms with E-state index < -0.39 is 0 Å². The van der Waals surface area contributed by atoms with E-state index in [1.165, 1.54) is 0 Å². The van der Waals surface area contributed by atoms with E-state index in [1.807, 2.05) is 0 Å². The molecular formula is C9H12N4O. The number of anilines is 1. The van der Waals surface area contributed by atoms with E-state index in [4.69, 9.17) is 0 Å². The van der Waals surface area contributed by atoms with Crippen molar-refractivity contribution in [2.45, 2.75) is 0 Å². The minimum absolute atomic E-state index is 0.748. The first-order valence-corrected chi connectivity index (χ1v) is 4.61. The maximum atomic E-state index is 10.5. The van der Waals surface area contributed by atoms with Crippen molar-refractivity contribution in [1.82, 2.24) is 14.9 Å². The number of hydrogen-bond acceptors (Lipinski definition) is 4. The molecule has 0 aromatic carbocycles. The fourth-order valence-corrected chi connectivity index (χ4v) is 1.48. The summed E-state index contributed by atoms with van der Waals surface area (Å²) < 4.78 is 0. The smallest absolute Gasteiger partial charge is 0.225 e. The molecule has 1 aromatic rings. The van der Waals surface area contributed by atoms with Crippen LogP contribution in [-0.4, -0.2) is 47.5 Å². The molecule has 0 aliphatic carbocycles. The van der Waals surface area contributed by atoms with Gasteiger partial charge in [-0.15, -0.1) is 0 Å². The van der Waals surface area contributed by atoms with Gasteiger partial charge in [-0.05, 0) is 6.07 Å². The van der Waals surface area contributed by atoms with Crippen LogP contribution in [0.1, 0.15) is 0 Å². The Balaban J connectivity index is 1.99. The summed E-state index contributed by atoms with van der Waals surface area (Å²) >= 11 is 0. The van der Waals surface area contributed by atoms with Gasteiger partial charge in [0, 0.05) is 38.6 Å². The van der Waals surface area contributed by atoms with E-state index in [0.29, 0.717) is 0 Å². The first-order valence-electron chi connectivity index (χ1n) is 4.61. The van der Waals surface area contributed by atoms with Crippen LogP contribution in [-0.2, 0) is 4.79 Å². The number of piperazine rings is 1. The van der Waals surface area contributed by atoms with Crippen molar-refractivity contribution >= 4 is 12.4 Å². The molecule has 1 saturated heterocycles. The van der Waals surface area contributed by atoms with Crippen LogP contribution in [0.2, 0.25) is 0 Å². The molecule has 2 heterocycles. The molecule has 0 bridgehead atoms. The zero-order valence-corrected chi connectivity index (χ0v) is 7.83. The summed E-state index contributed by atoms with van der Waals surface area (Å²) in [5, 5.41) is 0. The van der Waals surface area contributed by atoms with Gasteiger partial charge in [0.2, 0.25) is 12.4 Å². The van der Waals surface area contributed by atoms with E-state index >= 15 is 0 Å². The molecule has 2 rings (SSSR count). The molecule has 74 valence electrons. The minimum Gasteiger partial charge on any atom is -0.342 e. The molecule has 0 unspecified atom stereocenters. The van der Waals surface area contributed by atoms with Gasteiger partial charge in [0.1, 0.15) is 0 Å². The largest absolute Gasteiger partial charge is 0.342 e. The van der Waals surface area contributed by atoms with Crippen molar-refractivity contribution in [1.29, 1.82) is 0 Å². The molecule has 0 spiro atoms. The van der Waals surface area contributed by atoms with Crippen LogP contribution >= 0.6 is 0 Å². The summed E-state index contributed by atoms with van der Waals surface area (Å²) in [7, 11) is 0. The average molecular weight is 192 g/mol. The van der Waals surface area contributed by atoms with Crippen LogP contribution < -0.4 is 4.90 Å². The molecule has 1 aromatic heterocycles. The van der Waals surface area contributed by atoms with Gasteiger partial charge in [0.25, 0.3) is 0 Å². The summed E-state index contributed by atoms with van der Waals surface area (Å²) in [5.41, 5.74) is 0. The predicted octanol–water partition coefficient (Wildman–Crippen LogP) is -0.245. The highest BCUT2D eigenvalue weighted by Gasteiger charge is 2.16. The standard InChI is InChI=1S/C9H12N4O/c14-8-12-4-6-13(7-5-12)9-10-2-1-3-11-9/h1-3,8H,4-7H2. The van der Waals surface area contributed by atoms with E-state index in [2.05, 4.69) is 14.9 Å². The summed E-state index contributed by atoms with van der Waals surface area (Å²) in [6, 6.07) is 1.80. The lowest BCUT2D eigenvalue weighted by Gasteiger charge is -2.32. The maximum absolute atomic E-state index is 10.5. The Morgan fingerprint density at radius 3 is 2.36 bits per heavy atom. The number of aromatic nitrogens is 2. The van der Waals surface area contributed by atoms with Crippen LogP contribution in [0, 0.1) is 0 Å². The van der Waals surface area contributed by atoms with Crippen LogP contribution in [0.3, 0.4) is 0 Å². The topological polar surface area (TPSA) is 49.3 Å². The van der Waals surface area contributed by atoms with E-state index in [-0.39, 0.29) is 0 Å². The Labute approximate surface area is 82.4 Å². The Hall–Kier alpha value is -1.65. The van der Waals surface area contributed by atoms with Gasteiger partial charge >= 0.3 is 0 Å². The SMILES string of the molecule is O=CN1CCN(c2ncccn2)CC1. The second-order valence-electron chi connectivity index (χ2n) is 3.18. The molecule has 0 radical (unpaired) electrons. The lowest BCUT2D eigenvalue weighted by molar-refractivity contribution is -0.118. The van der Waals surface area contributed by atoms with Crippen LogP contribution in [0.4, 0.5) is 5.95 Å². The Kier molecular flexibility index (Phi) is 2.58. The first-order chi connectivity index (χ1) is 6.90. The van der Waals surface area contributed by atoms with Crippen molar-refractivity contribution in [3.8, 4) is 0 Å². The van der Waals surface area contributed by atoms with E-state index in [1.54, 1.807) is 23.4 Å². The second kappa shape index (κ2) is 4.04. The molecule has 0 N–H and O–H groups in total. The molecule has 0 atom stereocenters. The summed E-state index contributed by atoms with van der Waals surface area (Å²) in [4.78, 5) is 22.6. The number of carbonyl (C=O) groups excluding carboxylic acids is 1. The zero-order chi connectivity index (χ0) is 9.80. The van der Waals surface area contributed by atoms with Crippen molar-refractivity contribution in [3.05, 3.63) is 18.5 Å². The van der Waals surface area contributed by atoms with Crippen LogP contribution in [0.15, 0.2) is 18.5 Å². The molecule has 14 heavy (non-hydrogen) atoms. The number of hydrogen-bond donors (Lipinski definition) is 0. The van der Waals surface area contributed by atoms with Gasteiger partial charge in [-0.3, -0.25) is 4.79 Å². The Morgan fingerprint density at radius 1 is 1.14 bits per heavy atom. The van der Waals surface area contributed by atoms with Crippen molar-refractivity contribution < 1.29 is 4.79 Å². The van der Waals surface area contributed by atoms with Crippen molar-refractivity contribution in [2.24, 2.45) is 0 Å². The monoisotopic (exact) mass is 192 g/mol. The number of nitrogens with zero attached hydrogens (tertiary/aromatic N) is 4. The van der Waals surface area contributed by atoms with Crippen LogP contribution in [0.25, 0.3) is 0 Å². The Bertz CT molecular complexity index is 295. The number of carbonyl (C=O) groups is 1. The van der Waals surface area contributed by atoms with Crippen molar-refractivity contribution in [3.63, 3.8) is 0 Å². The fraction of sp³-hybridized carbons (Fsp3) is 0.444. The molecule has 1 aliphatic heterocycles. The number of amides is 1. The maximum Gasteiger partial charge on any atom is 0.225 e. The Morgan fingerprint density at radius 2 is 1.79 bits per heavy atom. The zero-order valence-electron chi connectivity index (χ0n) is 7.83. The lowest BCUT2D eigenvalue weighted by atomic mass is 10.3. The quantitative estimate of drug-likeness (QED) is 0.606. The first kappa shape index (κ1) is 8.93. The molecule has 1 fully saturated rings. The second-order valence-corrected chi connectivity index (χ2v) is 3.18. The third-order valence-electron chi connectivity index (χ3n) is 2.30.